The Morgan fingerprint density at radius 3 is 1.80 bits per heavy atom. The fourth-order valence-corrected chi connectivity index (χ4v) is 9.91. The quantitative estimate of drug-likeness (QED) is 0.174. The number of hydrogen-bond acceptors (Lipinski definition) is 2. The lowest BCUT2D eigenvalue weighted by Crippen LogP contribution is -2.17. The highest BCUT2D eigenvalue weighted by molar-refractivity contribution is 6.12. The predicted molar refractivity (Wildman–Crippen MR) is 249 cm³/mol. The van der Waals surface area contributed by atoms with E-state index >= 15 is 0 Å². The molecule has 59 heavy (non-hydrogen) atoms. The highest BCUT2D eigenvalue weighted by atomic mass is 16.3. The van der Waals surface area contributed by atoms with E-state index in [2.05, 4.69) is 213 Å². The van der Waals surface area contributed by atoms with E-state index in [1.54, 1.807) is 0 Å². The van der Waals surface area contributed by atoms with Crippen molar-refractivity contribution < 1.29 is 4.42 Å². The monoisotopic (exact) mass is 753 g/mol. The predicted octanol–water partition coefficient (Wildman–Crippen LogP) is 16.2. The molecule has 1 heterocycles. The Balaban J connectivity index is 1.09. The first-order valence-corrected chi connectivity index (χ1v) is 20.5. The van der Waals surface area contributed by atoms with Crippen LogP contribution in [0.25, 0.3) is 87.6 Å². The fraction of sp³-hybridized carbons (Fsp3) is 0.0526. The first kappa shape index (κ1) is 33.7. The van der Waals surface area contributed by atoms with Crippen LogP contribution in [0.1, 0.15) is 25.0 Å². The minimum absolute atomic E-state index is 0.187. The van der Waals surface area contributed by atoms with Crippen molar-refractivity contribution in [3.63, 3.8) is 0 Å². The summed E-state index contributed by atoms with van der Waals surface area (Å²) in [5.74, 6) is 0. The number of para-hydroxylation sites is 2. The Bertz CT molecular complexity index is 3470. The zero-order valence-corrected chi connectivity index (χ0v) is 32.9. The third-order valence-corrected chi connectivity index (χ3v) is 12.8. The van der Waals surface area contributed by atoms with E-state index in [1.807, 2.05) is 6.07 Å². The van der Waals surface area contributed by atoms with Crippen molar-refractivity contribution in [1.82, 2.24) is 0 Å². The number of benzene rings is 10. The largest absolute Gasteiger partial charge is 0.455 e. The first-order chi connectivity index (χ1) is 29.0. The van der Waals surface area contributed by atoms with E-state index in [-0.39, 0.29) is 5.41 Å². The second-order valence-electron chi connectivity index (χ2n) is 16.5. The van der Waals surface area contributed by atoms with Crippen LogP contribution in [-0.4, -0.2) is 0 Å². The van der Waals surface area contributed by atoms with Crippen LogP contribution in [-0.2, 0) is 5.41 Å². The lowest BCUT2D eigenvalue weighted by molar-refractivity contribution is 0.661. The molecule has 0 amide bonds. The molecule has 0 radical (unpaired) electrons. The molecule has 0 saturated heterocycles. The molecule has 1 aromatic heterocycles. The molecule has 0 N–H and O–H groups in total. The van der Waals surface area contributed by atoms with Crippen LogP contribution >= 0.6 is 0 Å². The molecule has 0 saturated carbocycles. The van der Waals surface area contributed by atoms with Gasteiger partial charge in [0, 0.05) is 38.7 Å². The van der Waals surface area contributed by atoms with Gasteiger partial charge in [-0.05, 0) is 114 Å². The van der Waals surface area contributed by atoms with E-state index in [0.717, 1.165) is 50.1 Å². The smallest absolute Gasteiger partial charge is 0.143 e. The second-order valence-corrected chi connectivity index (χ2v) is 16.5. The summed E-state index contributed by atoms with van der Waals surface area (Å²) in [5.41, 5.74) is 15.0. The molecule has 0 aliphatic heterocycles. The van der Waals surface area contributed by atoms with Crippen LogP contribution in [0.4, 0.5) is 17.1 Å². The van der Waals surface area contributed by atoms with Crippen molar-refractivity contribution in [2.75, 3.05) is 4.90 Å². The molecule has 0 fully saturated rings. The van der Waals surface area contributed by atoms with Crippen molar-refractivity contribution in [3.8, 4) is 33.4 Å². The first-order valence-electron chi connectivity index (χ1n) is 20.5. The number of hydrogen-bond donors (Lipinski definition) is 0. The van der Waals surface area contributed by atoms with Crippen molar-refractivity contribution in [3.05, 3.63) is 211 Å². The van der Waals surface area contributed by atoms with E-state index in [0.29, 0.717) is 0 Å². The molecule has 0 unspecified atom stereocenters. The van der Waals surface area contributed by atoms with Gasteiger partial charge in [0.05, 0.1) is 5.69 Å². The fourth-order valence-electron chi connectivity index (χ4n) is 9.91. The Hall–Kier alpha value is -7.42. The number of nitrogens with zero attached hydrogens (tertiary/aromatic N) is 1. The number of rotatable bonds is 5. The normalized spacial score (nSPS) is 13.1. The van der Waals surface area contributed by atoms with Gasteiger partial charge in [0.1, 0.15) is 11.2 Å². The van der Waals surface area contributed by atoms with Crippen LogP contribution in [0, 0.1) is 0 Å². The van der Waals surface area contributed by atoms with Crippen molar-refractivity contribution in [2.45, 2.75) is 19.3 Å². The van der Waals surface area contributed by atoms with Crippen molar-refractivity contribution in [1.29, 1.82) is 0 Å². The Labute approximate surface area is 343 Å². The van der Waals surface area contributed by atoms with Crippen LogP contribution in [0.2, 0.25) is 0 Å². The third-order valence-electron chi connectivity index (χ3n) is 12.8. The Kier molecular flexibility index (Phi) is 7.31. The summed E-state index contributed by atoms with van der Waals surface area (Å²) in [6.07, 6.45) is 0. The maximum Gasteiger partial charge on any atom is 0.143 e. The molecule has 0 spiro atoms. The Morgan fingerprint density at radius 1 is 0.390 bits per heavy atom. The minimum Gasteiger partial charge on any atom is -0.455 e. The standard InChI is InChI=1S/C57H39NO/c1-57(2)51-34-40-16-4-3-15-39(40)33-50(51)46-31-30-42(35-52(46)57)58(41-28-25-38(26-29-41)45-21-12-23-49-47-20-9-10-24-54(47)59-56(45)49)53-32-27-37-14-6-8-19-44(37)55(53)48-22-11-17-36-13-5-7-18-43(36)48/h3-35H,1-2H3. The van der Waals surface area contributed by atoms with Gasteiger partial charge < -0.3 is 9.32 Å². The number of anilines is 3. The lowest BCUT2D eigenvalue weighted by Gasteiger charge is -2.31. The maximum absolute atomic E-state index is 6.50. The van der Waals surface area contributed by atoms with Gasteiger partial charge >= 0.3 is 0 Å². The highest BCUT2D eigenvalue weighted by Crippen LogP contribution is 2.53. The summed E-state index contributed by atoms with van der Waals surface area (Å²) in [4.78, 5) is 2.48. The molecular weight excluding hydrogens is 715 g/mol. The SMILES string of the molecule is CC1(C)c2cc(N(c3ccc(-c4cccc5c4oc4ccccc45)cc3)c3ccc4ccccc4c3-c3cccc4ccccc34)ccc2-c2cc3ccccc3cc21. The third kappa shape index (κ3) is 5.13. The average Bonchev–Trinajstić information content (AvgIpc) is 3.77. The van der Waals surface area contributed by atoms with E-state index < -0.39 is 0 Å². The molecule has 2 heteroatoms. The van der Waals surface area contributed by atoms with Gasteiger partial charge in [0.15, 0.2) is 0 Å². The van der Waals surface area contributed by atoms with E-state index in [1.165, 1.54) is 65.7 Å². The van der Waals surface area contributed by atoms with Crippen LogP contribution in [0.15, 0.2) is 205 Å². The summed E-state index contributed by atoms with van der Waals surface area (Å²) in [6, 6.07) is 73.3. The average molecular weight is 754 g/mol. The molecule has 2 nitrogen and oxygen atoms in total. The van der Waals surface area contributed by atoms with Gasteiger partial charge in [0.2, 0.25) is 0 Å². The molecule has 0 atom stereocenters. The van der Waals surface area contributed by atoms with Crippen molar-refractivity contribution >= 4 is 71.3 Å². The molecule has 10 aromatic carbocycles. The zero-order valence-electron chi connectivity index (χ0n) is 32.9. The molecule has 12 rings (SSSR count). The number of furan rings is 1. The summed E-state index contributed by atoms with van der Waals surface area (Å²) < 4.78 is 6.50. The summed E-state index contributed by atoms with van der Waals surface area (Å²) >= 11 is 0. The Morgan fingerprint density at radius 2 is 0.983 bits per heavy atom. The number of fused-ring (bicyclic) bond motifs is 9. The summed E-state index contributed by atoms with van der Waals surface area (Å²) in [7, 11) is 0. The molecule has 278 valence electrons. The molecule has 1 aliphatic carbocycles. The molecule has 11 aromatic rings. The summed E-state index contributed by atoms with van der Waals surface area (Å²) in [5, 5.41) is 9.72. The maximum atomic E-state index is 6.50. The lowest BCUT2D eigenvalue weighted by atomic mass is 9.81. The highest BCUT2D eigenvalue weighted by Gasteiger charge is 2.36. The molecular formula is C57H39NO. The molecule has 1 aliphatic rings. The van der Waals surface area contributed by atoms with Gasteiger partial charge in [-0.2, -0.15) is 0 Å². The summed E-state index contributed by atoms with van der Waals surface area (Å²) in [6.45, 7) is 4.76. The van der Waals surface area contributed by atoms with Crippen LogP contribution < -0.4 is 4.90 Å². The zero-order chi connectivity index (χ0) is 39.2. The van der Waals surface area contributed by atoms with Gasteiger partial charge in [0.25, 0.3) is 0 Å². The van der Waals surface area contributed by atoms with E-state index in [9.17, 15) is 0 Å². The minimum atomic E-state index is -0.187. The van der Waals surface area contributed by atoms with Gasteiger partial charge in [-0.3, -0.25) is 0 Å². The van der Waals surface area contributed by atoms with Crippen molar-refractivity contribution in [2.24, 2.45) is 0 Å². The topological polar surface area (TPSA) is 16.4 Å². The van der Waals surface area contributed by atoms with Gasteiger partial charge in [-0.15, -0.1) is 0 Å². The van der Waals surface area contributed by atoms with Crippen LogP contribution in [0.3, 0.4) is 0 Å². The van der Waals surface area contributed by atoms with Gasteiger partial charge in [-0.25, -0.2) is 0 Å². The van der Waals surface area contributed by atoms with Crippen LogP contribution in [0.5, 0.6) is 0 Å². The molecule has 0 bridgehead atoms. The van der Waals surface area contributed by atoms with Gasteiger partial charge in [-0.1, -0.05) is 166 Å². The second kappa shape index (κ2) is 12.8. The van der Waals surface area contributed by atoms with E-state index in [4.69, 9.17) is 4.42 Å².